The molecular weight excluding hydrogens is 176 g/mol. The number of rotatable bonds is 4. The number of nitrogens with two attached hydrogens (primary N) is 1. The van der Waals surface area contributed by atoms with Gasteiger partial charge in [-0.25, -0.2) is 0 Å². The summed E-state index contributed by atoms with van der Waals surface area (Å²) in [5.74, 6) is 0.914. The quantitative estimate of drug-likeness (QED) is 0.709. The summed E-state index contributed by atoms with van der Waals surface area (Å²) in [6, 6.07) is 0. The molecule has 0 aliphatic heterocycles. The molecule has 0 saturated heterocycles. The van der Waals surface area contributed by atoms with Gasteiger partial charge in [-0.2, -0.15) is 0 Å². The van der Waals surface area contributed by atoms with Crippen LogP contribution in [0.15, 0.2) is 0 Å². The molecule has 3 N–H and O–H groups in total. The predicted octanol–water partition coefficient (Wildman–Crippen LogP) is 1.17. The van der Waals surface area contributed by atoms with Gasteiger partial charge in [0.25, 0.3) is 0 Å². The monoisotopic (exact) mass is 196 g/mol. The minimum Gasteiger partial charge on any atom is -0.356 e. The summed E-state index contributed by atoms with van der Waals surface area (Å²) in [4.78, 5) is 11.5. The van der Waals surface area contributed by atoms with Crippen molar-refractivity contribution >= 4 is 5.91 Å². The van der Waals surface area contributed by atoms with Gasteiger partial charge < -0.3 is 11.1 Å². The van der Waals surface area contributed by atoms with Gasteiger partial charge in [0.1, 0.15) is 0 Å². The summed E-state index contributed by atoms with van der Waals surface area (Å²) >= 11 is 0. The minimum absolute atomic E-state index is 0.154. The predicted molar refractivity (Wildman–Crippen MR) is 55.7 cm³/mol. The average Bonchev–Trinajstić information content (AvgIpc) is 2.87. The lowest BCUT2D eigenvalue weighted by molar-refractivity contribution is -0.122. The summed E-state index contributed by atoms with van der Waals surface area (Å²) in [6.07, 6.45) is 7.51. The van der Waals surface area contributed by atoms with Crippen molar-refractivity contribution in [3.63, 3.8) is 0 Å². The SMILES string of the molecule is NC1(CC(=O)NCC2CC2)CCCC1. The topological polar surface area (TPSA) is 55.1 Å². The fourth-order valence-corrected chi connectivity index (χ4v) is 2.22. The third kappa shape index (κ3) is 2.71. The molecule has 3 nitrogen and oxygen atoms in total. The Bertz CT molecular complexity index is 217. The number of hydrogen-bond acceptors (Lipinski definition) is 2. The molecule has 0 aromatic carbocycles. The van der Waals surface area contributed by atoms with Crippen LogP contribution in [0, 0.1) is 5.92 Å². The first-order valence-electron chi connectivity index (χ1n) is 5.74. The summed E-state index contributed by atoms with van der Waals surface area (Å²) in [5.41, 5.74) is 5.93. The Hall–Kier alpha value is -0.570. The van der Waals surface area contributed by atoms with Crippen molar-refractivity contribution in [2.24, 2.45) is 11.7 Å². The lowest BCUT2D eigenvalue weighted by Crippen LogP contribution is -2.42. The molecule has 0 aromatic rings. The molecule has 1 amide bonds. The van der Waals surface area contributed by atoms with Crippen molar-refractivity contribution < 1.29 is 4.79 Å². The highest BCUT2D eigenvalue weighted by Gasteiger charge is 2.32. The second-order valence-electron chi connectivity index (χ2n) is 4.99. The van der Waals surface area contributed by atoms with E-state index in [0.717, 1.165) is 25.3 Å². The number of nitrogens with one attached hydrogen (secondary N) is 1. The van der Waals surface area contributed by atoms with Crippen LogP contribution >= 0.6 is 0 Å². The van der Waals surface area contributed by atoms with Gasteiger partial charge in [0.2, 0.25) is 5.91 Å². The van der Waals surface area contributed by atoms with Crippen molar-refractivity contribution in [2.75, 3.05) is 6.54 Å². The lowest BCUT2D eigenvalue weighted by atomic mass is 9.94. The molecule has 3 heteroatoms. The van der Waals surface area contributed by atoms with Gasteiger partial charge in [-0.15, -0.1) is 0 Å². The first-order chi connectivity index (χ1) is 6.68. The molecule has 0 aromatic heterocycles. The molecule has 14 heavy (non-hydrogen) atoms. The molecule has 80 valence electrons. The van der Waals surface area contributed by atoms with E-state index in [1.54, 1.807) is 0 Å². The van der Waals surface area contributed by atoms with E-state index in [-0.39, 0.29) is 11.4 Å². The van der Waals surface area contributed by atoms with E-state index in [2.05, 4.69) is 5.32 Å². The minimum atomic E-state index is -0.187. The van der Waals surface area contributed by atoms with Crippen LogP contribution in [0.25, 0.3) is 0 Å². The van der Waals surface area contributed by atoms with Gasteiger partial charge in [-0.3, -0.25) is 4.79 Å². The highest BCUT2D eigenvalue weighted by atomic mass is 16.1. The van der Waals surface area contributed by atoms with Gasteiger partial charge in [0.05, 0.1) is 0 Å². The van der Waals surface area contributed by atoms with E-state index in [1.165, 1.54) is 25.7 Å². The molecule has 0 atom stereocenters. The fraction of sp³-hybridized carbons (Fsp3) is 0.909. The highest BCUT2D eigenvalue weighted by molar-refractivity contribution is 5.77. The third-order valence-corrected chi connectivity index (χ3v) is 3.40. The Balaban J connectivity index is 1.69. The number of carbonyl (C=O) groups excluding carboxylic acids is 1. The highest BCUT2D eigenvalue weighted by Crippen LogP contribution is 2.30. The van der Waals surface area contributed by atoms with E-state index < -0.39 is 0 Å². The van der Waals surface area contributed by atoms with E-state index in [4.69, 9.17) is 5.73 Å². The molecule has 2 rings (SSSR count). The maximum absolute atomic E-state index is 11.5. The molecule has 2 saturated carbocycles. The molecule has 2 aliphatic carbocycles. The maximum atomic E-state index is 11.5. The van der Waals surface area contributed by atoms with Gasteiger partial charge in [-0.1, -0.05) is 12.8 Å². The smallest absolute Gasteiger partial charge is 0.221 e. The van der Waals surface area contributed by atoms with Crippen molar-refractivity contribution in [3.05, 3.63) is 0 Å². The Labute approximate surface area is 85.4 Å². The second-order valence-corrected chi connectivity index (χ2v) is 4.99. The molecule has 0 heterocycles. The number of hydrogen-bond donors (Lipinski definition) is 2. The number of amides is 1. The third-order valence-electron chi connectivity index (χ3n) is 3.40. The molecular formula is C11H20N2O. The Morgan fingerprint density at radius 3 is 2.57 bits per heavy atom. The van der Waals surface area contributed by atoms with Gasteiger partial charge >= 0.3 is 0 Å². The van der Waals surface area contributed by atoms with Crippen molar-refractivity contribution in [1.82, 2.24) is 5.32 Å². The van der Waals surface area contributed by atoms with Crippen molar-refractivity contribution in [3.8, 4) is 0 Å². The van der Waals surface area contributed by atoms with Crippen LogP contribution in [-0.4, -0.2) is 18.0 Å². The summed E-state index contributed by atoms with van der Waals surface area (Å²) in [6.45, 7) is 0.870. The largest absolute Gasteiger partial charge is 0.356 e. The Morgan fingerprint density at radius 2 is 2.00 bits per heavy atom. The normalized spacial score (nSPS) is 24.9. The Morgan fingerprint density at radius 1 is 1.36 bits per heavy atom. The van der Waals surface area contributed by atoms with Crippen molar-refractivity contribution in [1.29, 1.82) is 0 Å². The van der Waals surface area contributed by atoms with E-state index in [9.17, 15) is 4.79 Å². The second kappa shape index (κ2) is 3.89. The zero-order chi connectivity index (χ0) is 10.0. The molecule has 0 unspecified atom stereocenters. The van der Waals surface area contributed by atoms with Crippen LogP contribution in [0.4, 0.5) is 0 Å². The van der Waals surface area contributed by atoms with Crippen LogP contribution in [0.3, 0.4) is 0 Å². The summed E-state index contributed by atoms with van der Waals surface area (Å²) in [7, 11) is 0. The Kier molecular flexibility index (Phi) is 2.77. The standard InChI is InChI=1S/C11H20N2O/c12-11(5-1-2-6-11)7-10(14)13-8-9-3-4-9/h9H,1-8,12H2,(H,13,14). The zero-order valence-electron chi connectivity index (χ0n) is 8.72. The van der Waals surface area contributed by atoms with Crippen LogP contribution in [0.1, 0.15) is 44.9 Å². The van der Waals surface area contributed by atoms with Crippen molar-refractivity contribution in [2.45, 2.75) is 50.5 Å². The van der Waals surface area contributed by atoms with E-state index >= 15 is 0 Å². The summed E-state index contributed by atoms with van der Waals surface area (Å²) in [5, 5.41) is 2.98. The zero-order valence-corrected chi connectivity index (χ0v) is 8.72. The molecule has 0 radical (unpaired) electrons. The first-order valence-corrected chi connectivity index (χ1v) is 5.74. The maximum Gasteiger partial charge on any atom is 0.221 e. The van der Waals surface area contributed by atoms with Crippen LogP contribution < -0.4 is 11.1 Å². The first kappa shape index (κ1) is 9.97. The molecule has 0 bridgehead atoms. The van der Waals surface area contributed by atoms with E-state index in [0.29, 0.717) is 6.42 Å². The fourth-order valence-electron chi connectivity index (χ4n) is 2.22. The molecule has 0 spiro atoms. The van der Waals surface area contributed by atoms with Crippen LogP contribution in [0.5, 0.6) is 0 Å². The van der Waals surface area contributed by atoms with E-state index in [1.807, 2.05) is 0 Å². The van der Waals surface area contributed by atoms with Gasteiger partial charge in [0.15, 0.2) is 0 Å². The lowest BCUT2D eigenvalue weighted by Gasteiger charge is -2.22. The average molecular weight is 196 g/mol. The van der Waals surface area contributed by atoms with Crippen LogP contribution in [-0.2, 0) is 4.79 Å². The van der Waals surface area contributed by atoms with Crippen LogP contribution in [0.2, 0.25) is 0 Å². The molecule has 2 aliphatic rings. The van der Waals surface area contributed by atoms with Gasteiger partial charge in [0, 0.05) is 18.5 Å². The summed E-state index contributed by atoms with van der Waals surface area (Å²) < 4.78 is 0. The number of carbonyl (C=O) groups is 1. The van der Waals surface area contributed by atoms with Gasteiger partial charge in [-0.05, 0) is 31.6 Å². The molecule has 2 fully saturated rings.